The summed E-state index contributed by atoms with van der Waals surface area (Å²) in [5.41, 5.74) is 1.99. The van der Waals surface area contributed by atoms with Gasteiger partial charge in [0.1, 0.15) is 12.4 Å². The molecule has 0 aliphatic heterocycles. The monoisotopic (exact) mass is 329 g/mol. The minimum atomic E-state index is -0.240. The highest BCUT2D eigenvalue weighted by molar-refractivity contribution is 5.78. The first-order valence-corrected chi connectivity index (χ1v) is 7.79. The third-order valence-electron chi connectivity index (χ3n) is 3.55. The van der Waals surface area contributed by atoms with Crippen LogP contribution in [0.1, 0.15) is 17.2 Å². The van der Waals surface area contributed by atoms with E-state index in [1.807, 2.05) is 54.6 Å². The summed E-state index contributed by atoms with van der Waals surface area (Å²) in [6.07, 6.45) is 0. The van der Waals surface area contributed by atoms with Crippen LogP contribution in [-0.4, -0.2) is 39.9 Å². The van der Waals surface area contributed by atoms with Crippen molar-refractivity contribution in [3.8, 4) is 5.75 Å². The van der Waals surface area contributed by atoms with Crippen LogP contribution in [0.2, 0.25) is 0 Å². The second-order valence-electron chi connectivity index (χ2n) is 5.23. The molecule has 5 nitrogen and oxygen atoms in total. The Balaban J connectivity index is 2.10. The van der Waals surface area contributed by atoms with Gasteiger partial charge in [-0.15, -0.1) is 0 Å². The van der Waals surface area contributed by atoms with Crippen molar-refractivity contribution in [2.75, 3.05) is 34.0 Å². The maximum Gasteiger partial charge on any atom is 0.246 e. The van der Waals surface area contributed by atoms with Crippen molar-refractivity contribution in [3.05, 3.63) is 65.7 Å². The standard InChI is InChI=1S/C19H23NO4/c1-22-12-13-24-14-18(21)20-19(15-6-4-3-5-7-15)16-8-10-17(23-2)11-9-16/h3-11,19H,12-14H2,1-2H3,(H,20,21). The lowest BCUT2D eigenvalue weighted by Crippen LogP contribution is -2.32. The third-order valence-corrected chi connectivity index (χ3v) is 3.55. The molecule has 1 N–H and O–H groups in total. The lowest BCUT2D eigenvalue weighted by atomic mass is 9.98. The quantitative estimate of drug-likeness (QED) is 0.719. The normalized spacial score (nSPS) is 11.8. The van der Waals surface area contributed by atoms with Gasteiger partial charge in [0, 0.05) is 7.11 Å². The van der Waals surface area contributed by atoms with Crippen molar-refractivity contribution >= 4 is 5.91 Å². The molecule has 0 spiro atoms. The summed E-state index contributed by atoms with van der Waals surface area (Å²) < 4.78 is 15.4. The molecule has 2 rings (SSSR count). The van der Waals surface area contributed by atoms with Crippen LogP contribution in [0.3, 0.4) is 0 Å². The molecule has 0 heterocycles. The Hall–Kier alpha value is -2.37. The predicted molar refractivity (Wildman–Crippen MR) is 92.1 cm³/mol. The molecule has 0 aromatic heterocycles. The molecule has 1 amide bonds. The van der Waals surface area contributed by atoms with Crippen molar-refractivity contribution in [2.45, 2.75) is 6.04 Å². The molecule has 0 aliphatic carbocycles. The first-order valence-electron chi connectivity index (χ1n) is 7.79. The molecule has 0 fully saturated rings. The molecule has 0 bridgehead atoms. The number of hydrogen-bond acceptors (Lipinski definition) is 4. The molecular formula is C19H23NO4. The predicted octanol–water partition coefficient (Wildman–Crippen LogP) is 2.56. The molecular weight excluding hydrogens is 306 g/mol. The highest BCUT2D eigenvalue weighted by Crippen LogP contribution is 2.24. The average Bonchev–Trinajstić information content (AvgIpc) is 2.64. The van der Waals surface area contributed by atoms with Gasteiger partial charge in [0.15, 0.2) is 0 Å². The molecule has 24 heavy (non-hydrogen) atoms. The number of amides is 1. The first-order chi connectivity index (χ1) is 11.7. The summed E-state index contributed by atoms with van der Waals surface area (Å²) in [6.45, 7) is 0.860. The topological polar surface area (TPSA) is 56.8 Å². The molecule has 0 radical (unpaired) electrons. The van der Waals surface area contributed by atoms with E-state index < -0.39 is 0 Å². The van der Waals surface area contributed by atoms with Crippen LogP contribution in [0.25, 0.3) is 0 Å². The van der Waals surface area contributed by atoms with E-state index in [0.29, 0.717) is 13.2 Å². The first kappa shape index (κ1) is 18.0. The molecule has 1 atom stereocenters. The van der Waals surface area contributed by atoms with Crippen molar-refractivity contribution in [1.82, 2.24) is 5.32 Å². The lowest BCUT2D eigenvalue weighted by Gasteiger charge is -2.20. The Labute approximate surface area is 142 Å². The Bertz CT molecular complexity index is 613. The number of carbonyl (C=O) groups excluding carboxylic acids is 1. The molecule has 128 valence electrons. The van der Waals surface area contributed by atoms with Gasteiger partial charge in [0.25, 0.3) is 0 Å². The van der Waals surface area contributed by atoms with Gasteiger partial charge >= 0.3 is 0 Å². The molecule has 5 heteroatoms. The van der Waals surface area contributed by atoms with Gasteiger partial charge in [-0.05, 0) is 23.3 Å². The summed E-state index contributed by atoms with van der Waals surface area (Å²) in [4.78, 5) is 12.2. The van der Waals surface area contributed by atoms with Gasteiger partial charge in [-0.2, -0.15) is 0 Å². The van der Waals surface area contributed by atoms with E-state index in [1.54, 1.807) is 14.2 Å². The van der Waals surface area contributed by atoms with Crippen LogP contribution < -0.4 is 10.1 Å². The number of nitrogens with one attached hydrogen (secondary N) is 1. The minimum absolute atomic E-state index is 0.00283. The summed E-state index contributed by atoms with van der Waals surface area (Å²) in [5.74, 6) is 0.607. The second kappa shape index (κ2) is 9.70. The van der Waals surface area contributed by atoms with Gasteiger partial charge in [-0.1, -0.05) is 42.5 Å². The third kappa shape index (κ3) is 5.37. The van der Waals surface area contributed by atoms with E-state index in [-0.39, 0.29) is 18.6 Å². The van der Waals surface area contributed by atoms with Gasteiger partial charge in [0.05, 0.1) is 26.4 Å². The smallest absolute Gasteiger partial charge is 0.246 e. The molecule has 1 unspecified atom stereocenters. The minimum Gasteiger partial charge on any atom is -0.497 e. The zero-order chi connectivity index (χ0) is 17.2. The Morgan fingerprint density at radius 2 is 1.62 bits per heavy atom. The maximum absolute atomic E-state index is 12.2. The SMILES string of the molecule is COCCOCC(=O)NC(c1ccccc1)c1ccc(OC)cc1. The molecule has 2 aromatic carbocycles. The zero-order valence-corrected chi connectivity index (χ0v) is 14.0. The van der Waals surface area contributed by atoms with Gasteiger partial charge in [-0.3, -0.25) is 4.79 Å². The zero-order valence-electron chi connectivity index (χ0n) is 14.0. The van der Waals surface area contributed by atoms with E-state index in [9.17, 15) is 4.79 Å². The largest absolute Gasteiger partial charge is 0.497 e. The van der Waals surface area contributed by atoms with Crippen molar-refractivity contribution in [1.29, 1.82) is 0 Å². The Morgan fingerprint density at radius 1 is 0.958 bits per heavy atom. The van der Waals surface area contributed by atoms with Crippen LogP contribution in [0.4, 0.5) is 0 Å². The summed E-state index contributed by atoms with van der Waals surface area (Å²) in [5, 5.41) is 3.02. The van der Waals surface area contributed by atoms with Crippen molar-refractivity contribution in [2.24, 2.45) is 0 Å². The molecule has 0 saturated carbocycles. The average molecular weight is 329 g/mol. The molecule has 2 aromatic rings. The van der Waals surface area contributed by atoms with Gasteiger partial charge in [0.2, 0.25) is 5.91 Å². The summed E-state index contributed by atoms with van der Waals surface area (Å²) in [6, 6.07) is 17.2. The summed E-state index contributed by atoms with van der Waals surface area (Å²) >= 11 is 0. The van der Waals surface area contributed by atoms with E-state index in [2.05, 4.69) is 5.32 Å². The number of benzene rings is 2. The fraction of sp³-hybridized carbons (Fsp3) is 0.316. The van der Waals surface area contributed by atoms with Crippen LogP contribution in [0.5, 0.6) is 5.75 Å². The van der Waals surface area contributed by atoms with Crippen LogP contribution >= 0.6 is 0 Å². The number of hydrogen-bond donors (Lipinski definition) is 1. The lowest BCUT2D eigenvalue weighted by molar-refractivity contribution is -0.126. The van der Waals surface area contributed by atoms with Crippen LogP contribution in [-0.2, 0) is 14.3 Å². The Kier molecular flexibility index (Phi) is 7.26. The maximum atomic E-state index is 12.2. The van der Waals surface area contributed by atoms with Crippen LogP contribution in [0, 0.1) is 0 Å². The van der Waals surface area contributed by atoms with Crippen molar-refractivity contribution in [3.63, 3.8) is 0 Å². The van der Waals surface area contributed by atoms with E-state index in [4.69, 9.17) is 14.2 Å². The fourth-order valence-corrected chi connectivity index (χ4v) is 2.31. The highest BCUT2D eigenvalue weighted by Gasteiger charge is 2.16. The number of ether oxygens (including phenoxy) is 3. The van der Waals surface area contributed by atoms with E-state index in [1.165, 1.54) is 0 Å². The number of rotatable bonds is 9. The van der Waals surface area contributed by atoms with Gasteiger partial charge in [-0.25, -0.2) is 0 Å². The van der Waals surface area contributed by atoms with Crippen LogP contribution in [0.15, 0.2) is 54.6 Å². The highest BCUT2D eigenvalue weighted by atomic mass is 16.5. The number of carbonyl (C=O) groups is 1. The Morgan fingerprint density at radius 3 is 2.25 bits per heavy atom. The van der Waals surface area contributed by atoms with Crippen molar-refractivity contribution < 1.29 is 19.0 Å². The van der Waals surface area contributed by atoms with E-state index in [0.717, 1.165) is 16.9 Å². The molecule has 0 saturated heterocycles. The van der Waals surface area contributed by atoms with E-state index >= 15 is 0 Å². The number of methoxy groups -OCH3 is 2. The molecule has 0 aliphatic rings. The van der Waals surface area contributed by atoms with Gasteiger partial charge < -0.3 is 19.5 Å². The fourth-order valence-electron chi connectivity index (χ4n) is 2.31. The summed E-state index contributed by atoms with van der Waals surface area (Å²) in [7, 11) is 3.22. The second-order valence-corrected chi connectivity index (χ2v) is 5.23.